The zero-order chi connectivity index (χ0) is 33.7. The molecular weight excluding hydrogens is 623 g/mol. The summed E-state index contributed by atoms with van der Waals surface area (Å²) in [5.41, 5.74) is 0.882. The van der Waals surface area contributed by atoms with E-state index in [1.54, 1.807) is 13.8 Å². The Bertz CT molecular complexity index is 1670. The van der Waals surface area contributed by atoms with Crippen LogP contribution in [0, 0.1) is 27.7 Å². The monoisotopic (exact) mass is 660 g/mol. The Labute approximate surface area is 269 Å². The normalized spacial score (nSPS) is 17.8. The second-order valence-electron chi connectivity index (χ2n) is 14.1. The molecule has 0 bridgehead atoms. The molecule has 0 N–H and O–H groups in total. The zero-order valence-corrected chi connectivity index (χ0v) is 28.8. The summed E-state index contributed by atoms with van der Waals surface area (Å²) >= 11 is 2.30. The molecule has 0 fully saturated rings. The Morgan fingerprint density at radius 2 is 0.778 bits per heavy atom. The molecule has 240 valence electrons. The van der Waals surface area contributed by atoms with Gasteiger partial charge in [-0.15, -0.1) is 22.7 Å². The molecule has 0 atom stereocenters. The number of rotatable bonds is 4. The summed E-state index contributed by atoms with van der Waals surface area (Å²) in [6.45, 7) is 18.6. The lowest BCUT2D eigenvalue weighted by Crippen LogP contribution is -2.49. The lowest BCUT2D eigenvalue weighted by atomic mass is 9.86. The molecule has 2 heterocycles. The van der Waals surface area contributed by atoms with Crippen LogP contribution in [-0.4, -0.2) is 17.8 Å². The van der Waals surface area contributed by atoms with Crippen molar-refractivity contribution in [2.75, 3.05) is 0 Å². The van der Waals surface area contributed by atoms with Gasteiger partial charge in [0.15, 0.2) is 0 Å². The first-order valence-corrected chi connectivity index (χ1v) is 16.5. The first-order chi connectivity index (χ1) is 20.5. The highest BCUT2D eigenvalue weighted by molar-refractivity contribution is 7.16. The van der Waals surface area contributed by atoms with E-state index in [2.05, 4.69) is 41.5 Å². The van der Waals surface area contributed by atoms with Crippen LogP contribution in [0.1, 0.15) is 84.7 Å². The molecule has 2 aromatic carbocycles. The largest absolute Gasteiger partial charge is 0.380 e. The molecule has 0 unspecified atom stereocenters. The average Bonchev–Trinajstić information content (AvgIpc) is 3.42. The maximum atomic E-state index is 15.9. The van der Waals surface area contributed by atoms with Crippen molar-refractivity contribution in [3.63, 3.8) is 0 Å². The molecule has 5 rings (SSSR count). The molecule has 0 aliphatic heterocycles. The molecule has 8 heteroatoms. The van der Waals surface area contributed by atoms with Crippen LogP contribution in [0.2, 0.25) is 0 Å². The Morgan fingerprint density at radius 1 is 0.489 bits per heavy atom. The van der Waals surface area contributed by atoms with Crippen LogP contribution in [0.4, 0.5) is 26.3 Å². The number of thiophene rings is 2. The van der Waals surface area contributed by atoms with E-state index in [-0.39, 0.29) is 42.8 Å². The van der Waals surface area contributed by atoms with Gasteiger partial charge in [-0.3, -0.25) is 0 Å². The van der Waals surface area contributed by atoms with E-state index in [1.807, 2.05) is 48.5 Å². The molecule has 0 nitrogen and oxygen atoms in total. The quantitative estimate of drug-likeness (QED) is 0.191. The maximum Gasteiger partial charge on any atom is 0.380 e. The fourth-order valence-electron chi connectivity index (χ4n) is 6.23. The number of hydrogen-bond acceptors (Lipinski definition) is 2. The van der Waals surface area contributed by atoms with Crippen LogP contribution in [-0.2, 0) is 10.8 Å². The predicted molar refractivity (Wildman–Crippen MR) is 178 cm³/mol. The maximum absolute atomic E-state index is 15.9. The number of halogens is 6. The number of allylic oxidation sites excluding steroid dienone is 2. The van der Waals surface area contributed by atoms with Crippen LogP contribution in [0.3, 0.4) is 0 Å². The third-order valence-electron chi connectivity index (χ3n) is 8.84. The summed E-state index contributed by atoms with van der Waals surface area (Å²) in [7, 11) is 0. The van der Waals surface area contributed by atoms with Gasteiger partial charge in [0.25, 0.3) is 0 Å². The van der Waals surface area contributed by atoms with Crippen molar-refractivity contribution >= 4 is 33.8 Å². The van der Waals surface area contributed by atoms with Crippen LogP contribution >= 0.6 is 22.7 Å². The van der Waals surface area contributed by atoms with Gasteiger partial charge in [-0.1, -0.05) is 90.1 Å². The molecule has 4 aromatic rings. The van der Waals surface area contributed by atoms with Crippen LogP contribution < -0.4 is 0 Å². The number of benzene rings is 2. The molecule has 0 amide bonds. The lowest BCUT2D eigenvalue weighted by molar-refractivity contribution is -0.254. The summed E-state index contributed by atoms with van der Waals surface area (Å²) < 4.78 is 94.4. The van der Waals surface area contributed by atoms with Crippen molar-refractivity contribution in [2.45, 2.75) is 97.8 Å². The topological polar surface area (TPSA) is 0 Å². The molecule has 1 aliphatic carbocycles. The fourth-order valence-corrected chi connectivity index (χ4v) is 8.57. The van der Waals surface area contributed by atoms with Gasteiger partial charge in [-0.2, -0.15) is 26.3 Å². The van der Waals surface area contributed by atoms with Crippen molar-refractivity contribution in [3.8, 4) is 20.9 Å². The second-order valence-corrected chi connectivity index (χ2v) is 16.6. The van der Waals surface area contributed by atoms with Crippen LogP contribution in [0.15, 0.2) is 48.5 Å². The van der Waals surface area contributed by atoms with E-state index in [0.29, 0.717) is 20.9 Å². The Hall–Kier alpha value is -2.84. The van der Waals surface area contributed by atoms with E-state index >= 15 is 26.3 Å². The minimum absolute atomic E-state index is 0.114. The third-order valence-corrected chi connectivity index (χ3v) is 11.4. The minimum Gasteiger partial charge on any atom is -0.194 e. The first kappa shape index (κ1) is 33.5. The summed E-state index contributed by atoms with van der Waals surface area (Å²) in [6, 6.07) is 15.2. The second kappa shape index (κ2) is 10.6. The highest BCUT2D eigenvalue weighted by Gasteiger charge is 2.80. The molecular formula is C37H38F6S2. The summed E-state index contributed by atoms with van der Waals surface area (Å²) in [5.74, 6) is -15.8. The van der Waals surface area contributed by atoms with Crippen molar-refractivity contribution < 1.29 is 26.3 Å². The van der Waals surface area contributed by atoms with E-state index in [0.717, 1.165) is 33.8 Å². The predicted octanol–water partition coefficient (Wildman–Crippen LogP) is 12.8. The van der Waals surface area contributed by atoms with Gasteiger partial charge in [0.05, 0.1) is 0 Å². The highest BCUT2D eigenvalue weighted by Crippen LogP contribution is 2.67. The van der Waals surface area contributed by atoms with Crippen molar-refractivity contribution in [1.82, 2.24) is 0 Å². The molecule has 1 aliphatic rings. The molecule has 2 aromatic heterocycles. The molecule has 0 spiro atoms. The molecule has 0 saturated heterocycles. The van der Waals surface area contributed by atoms with Gasteiger partial charge in [-0.25, -0.2) is 0 Å². The van der Waals surface area contributed by atoms with Crippen molar-refractivity contribution in [1.29, 1.82) is 0 Å². The van der Waals surface area contributed by atoms with E-state index in [4.69, 9.17) is 0 Å². The highest BCUT2D eigenvalue weighted by atomic mass is 32.1. The van der Waals surface area contributed by atoms with E-state index < -0.39 is 28.9 Å². The Kier molecular flexibility index (Phi) is 7.89. The minimum atomic E-state index is -5.62. The van der Waals surface area contributed by atoms with Gasteiger partial charge in [-0.05, 0) is 71.9 Å². The van der Waals surface area contributed by atoms with Crippen molar-refractivity contribution in [3.05, 3.63) is 91.7 Å². The summed E-state index contributed by atoms with van der Waals surface area (Å²) in [5, 5.41) is 0. The zero-order valence-electron chi connectivity index (χ0n) is 27.2. The van der Waals surface area contributed by atoms with Gasteiger partial charge in [0.2, 0.25) is 0 Å². The number of alkyl halides is 6. The van der Waals surface area contributed by atoms with Gasteiger partial charge in [0.1, 0.15) is 0 Å². The van der Waals surface area contributed by atoms with Crippen LogP contribution in [0.25, 0.3) is 32.0 Å². The Morgan fingerprint density at radius 3 is 1.04 bits per heavy atom. The average molecular weight is 661 g/mol. The third kappa shape index (κ3) is 5.11. The Balaban J connectivity index is 1.76. The molecule has 0 saturated carbocycles. The van der Waals surface area contributed by atoms with E-state index in [1.165, 1.54) is 13.8 Å². The summed E-state index contributed by atoms with van der Waals surface area (Å²) in [4.78, 5) is 1.74. The van der Waals surface area contributed by atoms with Crippen LogP contribution in [0.5, 0.6) is 0 Å². The SMILES string of the molecule is Cc1sc(-c2ccc(C(C)(C)C)cc2)c(C)c1C1=C(c2c(C)sc(-c3ccc(C(C)(C)C)cc3)c2C)C(F)(F)C(F)(F)C1(F)F. The summed E-state index contributed by atoms with van der Waals surface area (Å²) in [6.07, 6.45) is 0. The molecule has 45 heavy (non-hydrogen) atoms. The number of hydrogen-bond donors (Lipinski definition) is 0. The fraction of sp³-hybridized carbons (Fsp3) is 0.405. The first-order valence-electron chi connectivity index (χ1n) is 14.8. The van der Waals surface area contributed by atoms with Gasteiger partial charge < -0.3 is 0 Å². The molecule has 0 radical (unpaired) electrons. The number of aryl methyl sites for hydroxylation is 2. The van der Waals surface area contributed by atoms with E-state index in [9.17, 15) is 0 Å². The smallest absolute Gasteiger partial charge is 0.194 e. The van der Waals surface area contributed by atoms with Crippen molar-refractivity contribution in [2.24, 2.45) is 0 Å². The standard InChI is InChI=1S/C37H38F6S2/c1-19-27(21(3)44-31(19)23-11-15-25(16-12-23)33(5,6)7)29-30(36(40,41)37(42,43)35(29,38)39)28-20(2)32(45-22(28)4)24-13-17-26(18-14-24)34(8,9)10/h11-18H,1-10H3. The van der Waals surface area contributed by atoms with Gasteiger partial charge >= 0.3 is 17.8 Å². The lowest BCUT2D eigenvalue weighted by Gasteiger charge is -2.26. The van der Waals surface area contributed by atoms with Gasteiger partial charge in [0, 0.05) is 41.8 Å².